The van der Waals surface area contributed by atoms with Crippen molar-refractivity contribution in [3.05, 3.63) is 93.5 Å². The molecule has 0 atom stereocenters. The topological polar surface area (TPSA) is 131 Å². The summed E-state index contributed by atoms with van der Waals surface area (Å²) in [5, 5.41) is 15.6. The Bertz CT molecular complexity index is 1490. The van der Waals surface area contributed by atoms with Crippen molar-refractivity contribution in [3.8, 4) is 5.75 Å². The molecule has 0 unspecified atom stereocenters. The minimum atomic E-state index is -4.37. The number of benzene rings is 3. The fourth-order valence-electron chi connectivity index (χ4n) is 3.73. The van der Waals surface area contributed by atoms with E-state index in [0.29, 0.717) is 17.0 Å². The van der Waals surface area contributed by atoms with Crippen molar-refractivity contribution in [2.45, 2.75) is 44.9 Å². The molecule has 0 aliphatic carbocycles. The highest BCUT2D eigenvalue weighted by molar-refractivity contribution is 7.92. The summed E-state index contributed by atoms with van der Waals surface area (Å²) in [4.78, 5) is 23.4. The second-order valence-corrected chi connectivity index (χ2v) is 11.8. The average Bonchev–Trinajstić information content (AvgIpc) is 2.90. The molecule has 0 aromatic heterocycles. The van der Waals surface area contributed by atoms with Gasteiger partial charge in [-0.05, 0) is 60.7 Å². The predicted molar refractivity (Wildman–Crippen MR) is 151 cm³/mol. The normalized spacial score (nSPS) is 12.1. The maximum absolute atomic E-state index is 13.6. The number of nitro benzene ring substituents is 1. The highest BCUT2D eigenvalue weighted by Gasteiger charge is 2.29. The maximum Gasteiger partial charge on any atom is 0.273 e. The van der Waals surface area contributed by atoms with Gasteiger partial charge in [0, 0.05) is 11.6 Å². The van der Waals surface area contributed by atoms with E-state index < -0.39 is 27.4 Å². The number of sulfonamides is 1. The van der Waals surface area contributed by atoms with Crippen molar-refractivity contribution in [2.75, 3.05) is 18.0 Å². The van der Waals surface area contributed by atoms with Gasteiger partial charge in [-0.1, -0.05) is 51.1 Å². The van der Waals surface area contributed by atoms with E-state index in [-0.39, 0.29) is 21.7 Å². The van der Waals surface area contributed by atoms with E-state index >= 15 is 0 Å². The number of amides is 1. The molecular weight excluding hydrogens is 520 g/mol. The van der Waals surface area contributed by atoms with Crippen molar-refractivity contribution >= 4 is 33.0 Å². The Morgan fingerprint density at radius 1 is 1.05 bits per heavy atom. The summed E-state index contributed by atoms with van der Waals surface area (Å²) in [5.74, 6) is -0.203. The smallest absolute Gasteiger partial charge is 0.273 e. The molecule has 0 heterocycles. The summed E-state index contributed by atoms with van der Waals surface area (Å²) >= 11 is 0. The summed E-state index contributed by atoms with van der Waals surface area (Å²) < 4.78 is 33.3. The molecular formula is C28H32N4O6S. The fraction of sp³-hybridized carbons (Fsp3) is 0.286. The summed E-state index contributed by atoms with van der Waals surface area (Å²) in [5.41, 5.74) is 5.05. The number of rotatable bonds is 9. The van der Waals surface area contributed by atoms with Crippen LogP contribution in [-0.4, -0.2) is 38.6 Å². The van der Waals surface area contributed by atoms with E-state index in [1.807, 2.05) is 24.3 Å². The number of hydrogen-bond acceptors (Lipinski definition) is 7. The highest BCUT2D eigenvalue weighted by atomic mass is 32.2. The van der Waals surface area contributed by atoms with Gasteiger partial charge in [0.2, 0.25) is 0 Å². The largest absolute Gasteiger partial charge is 0.497 e. The van der Waals surface area contributed by atoms with Crippen LogP contribution in [0.25, 0.3) is 0 Å². The van der Waals surface area contributed by atoms with Crippen LogP contribution in [0.1, 0.15) is 44.4 Å². The molecule has 0 fully saturated rings. The van der Waals surface area contributed by atoms with Crippen LogP contribution in [-0.2, 0) is 20.2 Å². The lowest BCUT2D eigenvalue weighted by Crippen LogP contribution is -2.39. The van der Waals surface area contributed by atoms with Gasteiger partial charge in [0.25, 0.3) is 21.6 Å². The van der Waals surface area contributed by atoms with Crippen LogP contribution < -0.4 is 14.5 Å². The van der Waals surface area contributed by atoms with Crippen molar-refractivity contribution in [1.82, 2.24) is 5.43 Å². The standard InChI is InChI=1S/C28H32N4O6S/c1-19-7-16-25(17-26(19)32(34)35)39(36,37)31(23-12-14-24(38-6)15-13-23)18-27(33)30-29-20(2)21-8-10-22(11-9-21)28(3,4)5/h7-17H,18H2,1-6H3,(H,30,33)/b29-20-. The zero-order valence-electron chi connectivity index (χ0n) is 22.8. The second-order valence-electron chi connectivity index (χ2n) is 9.97. The zero-order chi connectivity index (χ0) is 29.0. The third-order valence-electron chi connectivity index (χ3n) is 6.13. The number of methoxy groups -OCH3 is 1. The molecule has 0 saturated heterocycles. The van der Waals surface area contributed by atoms with Crippen LogP contribution in [0, 0.1) is 17.0 Å². The summed E-state index contributed by atoms with van der Waals surface area (Å²) in [6.45, 7) is 8.97. The highest BCUT2D eigenvalue weighted by Crippen LogP contribution is 2.29. The molecule has 0 aliphatic heterocycles. The summed E-state index contributed by atoms with van der Waals surface area (Å²) in [6.07, 6.45) is 0. The number of nitro groups is 1. The van der Waals surface area contributed by atoms with Gasteiger partial charge in [-0.15, -0.1) is 0 Å². The molecule has 0 spiro atoms. The molecule has 1 amide bonds. The Kier molecular flexibility index (Phi) is 8.75. The lowest BCUT2D eigenvalue weighted by atomic mass is 9.86. The Morgan fingerprint density at radius 2 is 1.67 bits per heavy atom. The fourth-order valence-corrected chi connectivity index (χ4v) is 5.17. The molecule has 0 saturated carbocycles. The monoisotopic (exact) mass is 552 g/mol. The first kappa shape index (κ1) is 29.3. The van der Waals surface area contributed by atoms with Gasteiger partial charge < -0.3 is 4.74 Å². The van der Waals surface area contributed by atoms with Crippen LogP contribution in [0.5, 0.6) is 5.75 Å². The minimum absolute atomic E-state index is 0.00786. The van der Waals surface area contributed by atoms with Crippen LogP contribution in [0.3, 0.4) is 0 Å². The van der Waals surface area contributed by atoms with Crippen LogP contribution in [0.15, 0.2) is 76.7 Å². The number of anilines is 1. The molecule has 1 N–H and O–H groups in total. The minimum Gasteiger partial charge on any atom is -0.497 e. The van der Waals surface area contributed by atoms with Gasteiger partial charge in [-0.25, -0.2) is 13.8 Å². The number of carbonyl (C=O) groups is 1. The van der Waals surface area contributed by atoms with Crippen LogP contribution in [0.2, 0.25) is 0 Å². The van der Waals surface area contributed by atoms with Crippen molar-refractivity contribution in [3.63, 3.8) is 0 Å². The molecule has 39 heavy (non-hydrogen) atoms. The SMILES string of the molecule is COc1ccc(N(CC(=O)N/N=C(/C)c2ccc(C(C)(C)C)cc2)S(=O)(=O)c2ccc(C)c([N+](=O)[O-])c2)cc1. The molecule has 3 aromatic carbocycles. The van der Waals surface area contributed by atoms with Crippen molar-refractivity contribution in [1.29, 1.82) is 0 Å². The van der Waals surface area contributed by atoms with E-state index in [1.54, 1.807) is 19.1 Å². The van der Waals surface area contributed by atoms with Gasteiger partial charge >= 0.3 is 0 Å². The van der Waals surface area contributed by atoms with Crippen LogP contribution >= 0.6 is 0 Å². The van der Waals surface area contributed by atoms with Crippen molar-refractivity contribution < 1.29 is 22.9 Å². The molecule has 0 radical (unpaired) electrons. The van der Waals surface area contributed by atoms with Gasteiger partial charge in [0.1, 0.15) is 12.3 Å². The van der Waals surface area contributed by atoms with E-state index in [0.717, 1.165) is 21.5 Å². The summed E-state index contributed by atoms with van der Waals surface area (Å²) in [7, 11) is -2.90. The van der Waals surface area contributed by atoms with Gasteiger partial charge in [-0.3, -0.25) is 19.2 Å². The van der Waals surface area contributed by atoms with Gasteiger partial charge in [0.15, 0.2) is 0 Å². The quantitative estimate of drug-likeness (QED) is 0.227. The number of hydrogen-bond donors (Lipinski definition) is 1. The molecule has 3 rings (SSSR count). The second kappa shape index (κ2) is 11.6. The number of ether oxygens (including phenoxy) is 1. The lowest BCUT2D eigenvalue weighted by Gasteiger charge is -2.24. The molecule has 10 nitrogen and oxygen atoms in total. The third-order valence-corrected chi connectivity index (χ3v) is 7.90. The number of aryl methyl sites for hydroxylation is 1. The zero-order valence-corrected chi connectivity index (χ0v) is 23.6. The van der Waals surface area contributed by atoms with E-state index in [2.05, 4.69) is 31.3 Å². The number of hydrazone groups is 1. The first-order valence-corrected chi connectivity index (χ1v) is 13.5. The first-order valence-electron chi connectivity index (χ1n) is 12.1. The molecule has 3 aromatic rings. The summed E-state index contributed by atoms with van der Waals surface area (Å²) in [6, 6.07) is 17.5. The van der Waals surface area contributed by atoms with E-state index in [9.17, 15) is 23.3 Å². The lowest BCUT2D eigenvalue weighted by molar-refractivity contribution is -0.385. The third kappa shape index (κ3) is 6.99. The van der Waals surface area contributed by atoms with Crippen molar-refractivity contribution in [2.24, 2.45) is 5.10 Å². The number of nitrogens with one attached hydrogen (secondary N) is 1. The average molecular weight is 553 g/mol. The first-order chi connectivity index (χ1) is 18.2. The van der Waals surface area contributed by atoms with Gasteiger partial charge in [-0.2, -0.15) is 5.10 Å². The maximum atomic E-state index is 13.6. The Balaban J connectivity index is 1.91. The van der Waals surface area contributed by atoms with Crippen LogP contribution in [0.4, 0.5) is 11.4 Å². The molecule has 206 valence electrons. The molecule has 11 heteroatoms. The molecule has 0 bridgehead atoms. The number of carbonyl (C=O) groups excluding carboxylic acids is 1. The van der Waals surface area contributed by atoms with E-state index in [4.69, 9.17) is 4.74 Å². The van der Waals surface area contributed by atoms with E-state index in [1.165, 1.54) is 38.3 Å². The Hall–Kier alpha value is -4.25. The molecule has 0 aliphatic rings. The van der Waals surface area contributed by atoms with Gasteiger partial charge in [0.05, 0.1) is 28.3 Å². The Labute approximate surface area is 228 Å². The number of nitrogens with zero attached hydrogens (tertiary/aromatic N) is 3. The predicted octanol–water partition coefficient (Wildman–Crippen LogP) is 4.95. The Morgan fingerprint density at radius 3 is 2.21 bits per heavy atom.